The minimum absolute atomic E-state index is 0.328. The Morgan fingerprint density at radius 2 is 1.79 bits per heavy atom. The number of carbonyl (C=O) groups is 1. The van der Waals surface area contributed by atoms with E-state index in [4.69, 9.17) is 5.73 Å². The number of pyridine rings is 1. The second-order valence-electron chi connectivity index (χ2n) is 6.96. The predicted molar refractivity (Wildman–Crippen MR) is 105 cm³/mol. The third-order valence-electron chi connectivity index (χ3n) is 4.61. The van der Waals surface area contributed by atoms with Crippen molar-refractivity contribution in [1.29, 1.82) is 0 Å². The van der Waals surface area contributed by atoms with Gasteiger partial charge in [-0.15, -0.1) is 0 Å². The van der Waals surface area contributed by atoms with Gasteiger partial charge in [-0.1, -0.05) is 12.1 Å². The van der Waals surface area contributed by atoms with E-state index in [2.05, 4.69) is 9.97 Å². The van der Waals surface area contributed by atoms with E-state index < -0.39 is 17.6 Å². The number of nitrogens with one attached hydrogen (secondary N) is 1. The van der Waals surface area contributed by atoms with Gasteiger partial charge in [0.2, 0.25) is 0 Å². The van der Waals surface area contributed by atoms with Gasteiger partial charge in [-0.05, 0) is 55.9 Å². The molecule has 0 bridgehead atoms. The van der Waals surface area contributed by atoms with Crippen molar-refractivity contribution in [3.8, 4) is 22.5 Å². The Morgan fingerprint density at radius 1 is 1.10 bits per heavy atom. The van der Waals surface area contributed by atoms with E-state index in [0.717, 1.165) is 12.1 Å². The second kappa shape index (κ2) is 8.08. The summed E-state index contributed by atoms with van der Waals surface area (Å²) in [5.74, 6) is -0.605. The zero-order valence-corrected chi connectivity index (χ0v) is 16.0. The summed E-state index contributed by atoms with van der Waals surface area (Å²) in [5.41, 5.74) is 8.26. The predicted octanol–water partition coefficient (Wildman–Crippen LogP) is 3.97. The first-order valence-corrected chi connectivity index (χ1v) is 8.96. The molecule has 1 aromatic carbocycles. The van der Waals surface area contributed by atoms with Gasteiger partial charge in [0.15, 0.2) is 0 Å². The molecule has 1 amide bonds. The molecule has 0 saturated carbocycles. The number of nitrogens with zero attached hydrogens (tertiary/aromatic N) is 2. The molecule has 0 spiro atoms. The first-order chi connectivity index (χ1) is 13.7. The van der Waals surface area contributed by atoms with Crippen molar-refractivity contribution in [3.63, 3.8) is 0 Å². The molecule has 3 N–H and O–H groups in total. The van der Waals surface area contributed by atoms with Crippen LogP contribution in [0.3, 0.4) is 0 Å². The lowest BCUT2D eigenvalue weighted by atomic mass is 9.98. The van der Waals surface area contributed by atoms with Crippen LogP contribution in [-0.2, 0) is 12.6 Å². The summed E-state index contributed by atoms with van der Waals surface area (Å²) in [4.78, 5) is 21.6. The molecule has 2 heterocycles. The summed E-state index contributed by atoms with van der Waals surface area (Å²) in [6.07, 6.45) is -0.704. The highest BCUT2D eigenvalue weighted by atomic mass is 19.4. The van der Waals surface area contributed by atoms with Crippen molar-refractivity contribution in [1.82, 2.24) is 14.9 Å². The number of primary amides is 1. The third-order valence-corrected chi connectivity index (χ3v) is 4.61. The van der Waals surface area contributed by atoms with Crippen LogP contribution in [0, 0.1) is 0 Å². The summed E-state index contributed by atoms with van der Waals surface area (Å²) < 4.78 is 38.8. The quantitative estimate of drug-likeness (QED) is 0.655. The van der Waals surface area contributed by atoms with Gasteiger partial charge >= 0.3 is 6.18 Å². The number of aromatic nitrogens is 2. The number of carbonyl (C=O) groups excluding carboxylic acids is 1. The van der Waals surface area contributed by atoms with Gasteiger partial charge in [0.05, 0.1) is 16.8 Å². The van der Waals surface area contributed by atoms with Crippen LogP contribution < -0.4 is 5.73 Å². The van der Waals surface area contributed by atoms with Crippen molar-refractivity contribution in [3.05, 3.63) is 65.5 Å². The van der Waals surface area contributed by atoms with Gasteiger partial charge in [-0.2, -0.15) is 13.2 Å². The molecule has 3 rings (SSSR count). The second-order valence-corrected chi connectivity index (χ2v) is 6.96. The van der Waals surface area contributed by atoms with E-state index in [1.807, 2.05) is 19.0 Å². The summed E-state index contributed by atoms with van der Waals surface area (Å²) in [6.45, 7) is 0.637. The monoisotopic (exact) mass is 402 g/mol. The lowest BCUT2D eigenvalue weighted by Gasteiger charge is -2.12. The number of alkyl halides is 3. The highest BCUT2D eigenvalue weighted by Gasteiger charge is 2.30. The molecule has 8 heteroatoms. The molecule has 3 aromatic rings. The van der Waals surface area contributed by atoms with E-state index in [-0.39, 0.29) is 0 Å². The maximum atomic E-state index is 12.9. The summed E-state index contributed by atoms with van der Waals surface area (Å²) in [5, 5.41) is 0. The van der Waals surface area contributed by atoms with E-state index in [0.29, 0.717) is 46.6 Å². The van der Waals surface area contributed by atoms with Crippen LogP contribution in [0.1, 0.15) is 21.5 Å². The molecular weight excluding hydrogens is 381 g/mol. The standard InChI is InChI=1S/C21H21F3N4O/c1-28(2)11-9-16-17(20(25)29)19(14-4-3-10-26-12-14)27-18(16)13-5-7-15(8-6-13)21(22,23)24/h3-8,10,12,27H,9,11H2,1-2H3,(H2,25,29). The molecule has 0 aliphatic carbocycles. The number of aromatic amines is 1. The molecule has 0 aliphatic rings. The van der Waals surface area contributed by atoms with Gasteiger partial charge in [0, 0.05) is 30.2 Å². The van der Waals surface area contributed by atoms with Crippen molar-refractivity contribution in [2.75, 3.05) is 20.6 Å². The van der Waals surface area contributed by atoms with Crippen molar-refractivity contribution < 1.29 is 18.0 Å². The highest BCUT2D eigenvalue weighted by Crippen LogP contribution is 2.36. The van der Waals surface area contributed by atoms with Crippen LogP contribution in [0.2, 0.25) is 0 Å². The van der Waals surface area contributed by atoms with Gasteiger partial charge in [0.25, 0.3) is 5.91 Å². The number of hydrogen-bond acceptors (Lipinski definition) is 3. The van der Waals surface area contributed by atoms with Gasteiger partial charge in [-0.3, -0.25) is 9.78 Å². The number of likely N-dealkylation sites (N-methyl/N-ethyl adjacent to an activating group) is 1. The molecule has 0 saturated heterocycles. The molecular formula is C21H21F3N4O. The molecule has 152 valence electrons. The number of amides is 1. The number of nitrogens with two attached hydrogens (primary N) is 1. The zero-order valence-electron chi connectivity index (χ0n) is 16.0. The summed E-state index contributed by atoms with van der Waals surface area (Å²) in [7, 11) is 3.80. The van der Waals surface area contributed by atoms with Crippen LogP contribution in [0.4, 0.5) is 13.2 Å². The average molecular weight is 402 g/mol. The smallest absolute Gasteiger partial charge is 0.366 e. The minimum Gasteiger partial charge on any atom is -0.366 e. The summed E-state index contributed by atoms with van der Waals surface area (Å²) in [6, 6.07) is 8.37. The SMILES string of the molecule is CN(C)CCc1c(-c2ccc(C(F)(F)F)cc2)[nH]c(-c2cccnc2)c1C(N)=O. The fraction of sp³-hybridized carbons (Fsp3) is 0.238. The normalized spacial score (nSPS) is 11.8. The largest absolute Gasteiger partial charge is 0.416 e. The Kier molecular flexibility index (Phi) is 5.74. The molecule has 0 radical (unpaired) electrons. The van der Waals surface area contributed by atoms with E-state index in [1.54, 1.807) is 24.5 Å². The van der Waals surface area contributed by atoms with Gasteiger partial charge in [-0.25, -0.2) is 0 Å². The van der Waals surface area contributed by atoms with Crippen molar-refractivity contribution in [2.24, 2.45) is 5.73 Å². The maximum absolute atomic E-state index is 12.9. The highest BCUT2D eigenvalue weighted by molar-refractivity contribution is 6.03. The fourth-order valence-electron chi connectivity index (χ4n) is 3.20. The van der Waals surface area contributed by atoms with Crippen LogP contribution in [0.15, 0.2) is 48.8 Å². The summed E-state index contributed by atoms with van der Waals surface area (Å²) >= 11 is 0. The first kappa shape index (κ1) is 20.6. The number of rotatable bonds is 6. The molecule has 29 heavy (non-hydrogen) atoms. The van der Waals surface area contributed by atoms with E-state index >= 15 is 0 Å². The molecule has 5 nitrogen and oxygen atoms in total. The first-order valence-electron chi connectivity index (χ1n) is 8.96. The van der Waals surface area contributed by atoms with Gasteiger partial charge in [0.1, 0.15) is 0 Å². The topological polar surface area (TPSA) is 75.0 Å². The maximum Gasteiger partial charge on any atom is 0.416 e. The molecule has 0 fully saturated rings. The lowest BCUT2D eigenvalue weighted by Crippen LogP contribution is -2.18. The van der Waals surface area contributed by atoms with Crippen molar-refractivity contribution in [2.45, 2.75) is 12.6 Å². The fourth-order valence-corrected chi connectivity index (χ4v) is 3.20. The molecule has 0 atom stereocenters. The van der Waals surface area contributed by atoms with Crippen LogP contribution in [0.5, 0.6) is 0 Å². The zero-order chi connectivity index (χ0) is 21.2. The van der Waals surface area contributed by atoms with Crippen LogP contribution in [-0.4, -0.2) is 41.4 Å². The van der Waals surface area contributed by atoms with Gasteiger partial charge < -0.3 is 15.6 Å². The average Bonchev–Trinajstić information content (AvgIpc) is 3.06. The number of benzene rings is 1. The Balaban J connectivity index is 2.18. The molecule has 0 unspecified atom stereocenters. The van der Waals surface area contributed by atoms with Crippen LogP contribution in [0.25, 0.3) is 22.5 Å². The molecule has 0 aliphatic heterocycles. The lowest BCUT2D eigenvalue weighted by molar-refractivity contribution is -0.137. The van der Waals surface area contributed by atoms with E-state index in [9.17, 15) is 18.0 Å². The molecule has 2 aromatic heterocycles. The number of hydrogen-bond donors (Lipinski definition) is 2. The Labute approximate surface area is 166 Å². The van der Waals surface area contributed by atoms with Crippen molar-refractivity contribution >= 4 is 5.91 Å². The van der Waals surface area contributed by atoms with E-state index in [1.165, 1.54) is 12.1 Å². The Morgan fingerprint density at radius 3 is 2.31 bits per heavy atom. The number of H-pyrrole nitrogens is 1. The van der Waals surface area contributed by atoms with Crippen LogP contribution >= 0.6 is 0 Å². The Hall–Kier alpha value is -3.13. The third kappa shape index (κ3) is 4.48. The minimum atomic E-state index is -4.42. The number of halogens is 3. The Bertz CT molecular complexity index is 993.